The minimum atomic E-state index is -0.103. The van der Waals surface area contributed by atoms with E-state index in [9.17, 15) is 4.79 Å². The van der Waals surface area contributed by atoms with Gasteiger partial charge in [0.1, 0.15) is 0 Å². The van der Waals surface area contributed by atoms with E-state index in [1.165, 1.54) is 16.2 Å². The Morgan fingerprint density at radius 1 is 1.16 bits per heavy atom. The van der Waals surface area contributed by atoms with Crippen LogP contribution < -0.4 is 9.80 Å². The van der Waals surface area contributed by atoms with Crippen molar-refractivity contribution in [1.82, 2.24) is 4.98 Å². The fourth-order valence-corrected chi connectivity index (χ4v) is 3.85. The number of quaternary nitrogens is 1. The highest BCUT2D eigenvalue weighted by Crippen LogP contribution is 2.31. The van der Waals surface area contributed by atoms with E-state index in [2.05, 4.69) is 19.1 Å². The van der Waals surface area contributed by atoms with Gasteiger partial charge in [-0.1, -0.05) is 40.6 Å². The van der Waals surface area contributed by atoms with Gasteiger partial charge in [-0.15, -0.1) is 0 Å². The Morgan fingerprint density at radius 2 is 1.92 bits per heavy atom. The molecule has 0 bridgehead atoms. The third-order valence-corrected chi connectivity index (χ3v) is 5.23. The van der Waals surface area contributed by atoms with Crippen LogP contribution in [0.2, 0.25) is 10.0 Å². The van der Waals surface area contributed by atoms with Crippen LogP contribution in [0.4, 0.5) is 5.13 Å². The lowest BCUT2D eigenvalue weighted by Crippen LogP contribution is -3.06. The molecule has 1 N–H and O–H groups in total. The van der Waals surface area contributed by atoms with Crippen LogP contribution in [0.5, 0.6) is 0 Å². The summed E-state index contributed by atoms with van der Waals surface area (Å²) in [5.74, 6) is -0.103. The van der Waals surface area contributed by atoms with Gasteiger partial charge < -0.3 is 4.90 Å². The predicted molar refractivity (Wildman–Crippen MR) is 105 cm³/mol. The number of thiazole rings is 1. The van der Waals surface area contributed by atoms with Crippen molar-refractivity contribution in [3.63, 3.8) is 0 Å². The molecular formula is C18H18Cl2N3OS+. The number of anilines is 1. The number of amides is 1. The van der Waals surface area contributed by atoms with E-state index < -0.39 is 0 Å². The second-order valence-electron chi connectivity index (χ2n) is 6.03. The monoisotopic (exact) mass is 394 g/mol. The maximum absolute atomic E-state index is 13.1. The topological polar surface area (TPSA) is 37.6 Å². The molecule has 0 aliphatic rings. The second kappa shape index (κ2) is 7.70. The Labute approximate surface area is 160 Å². The SMILES string of the molecule is C[NH+](C)CCN(C(=O)c1cccc(Cl)c1)c1nc2ccc(Cl)cc2s1. The van der Waals surface area contributed by atoms with Gasteiger partial charge in [0.15, 0.2) is 5.13 Å². The van der Waals surface area contributed by atoms with Crippen LogP contribution in [0.25, 0.3) is 10.2 Å². The highest BCUT2D eigenvalue weighted by atomic mass is 35.5. The van der Waals surface area contributed by atoms with Crippen molar-refractivity contribution in [1.29, 1.82) is 0 Å². The number of hydrogen-bond acceptors (Lipinski definition) is 3. The molecule has 0 unspecified atom stereocenters. The zero-order valence-electron chi connectivity index (χ0n) is 13.9. The minimum absolute atomic E-state index is 0.103. The summed E-state index contributed by atoms with van der Waals surface area (Å²) in [5, 5.41) is 1.87. The molecule has 0 atom stereocenters. The molecule has 4 nitrogen and oxygen atoms in total. The number of benzene rings is 2. The van der Waals surface area contributed by atoms with Gasteiger partial charge in [0.25, 0.3) is 5.91 Å². The van der Waals surface area contributed by atoms with Crippen molar-refractivity contribution in [2.45, 2.75) is 0 Å². The molecular weight excluding hydrogens is 377 g/mol. The first-order valence-electron chi connectivity index (χ1n) is 7.86. The average Bonchev–Trinajstić information content (AvgIpc) is 2.97. The Balaban J connectivity index is 1.99. The smallest absolute Gasteiger partial charge is 0.260 e. The second-order valence-corrected chi connectivity index (χ2v) is 7.91. The Bertz CT molecular complexity index is 910. The molecule has 0 fully saturated rings. The lowest BCUT2D eigenvalue weighted by atomic mass is 10.2. The summed E-state index contributed by atoms with van der Waals surface area (Å²) in [5.41, 5.74) is 1.39. The van der Waals surface area contributed by atoms with Crippen molar-refractivity contribution in [2.75, 3.05) is 32.1 Å². The molecule has 0 saturated heterocycles. The van der Waals surface area contributed by atoms with E-state index in [1.807, 2.05) is 12.1 Å². The van der Waals surface area contributed by atoms with Gasteiger partial charge in [0, 0.05) is 15.6 Å². The van der Waals surface area contributed by atoms with Crippen molar-refractivity contribution in [3.05, 3.63) is 58.1 Å². The number of likely N-dealkylation sites (N-methyl/N-ethyl adjacent to an activating group) is 1. The molecule has 130 valence electrons. The Kier molecular flexibility index (Phi) is 5.59. The van der Waals surface area contributed by atoms with E-state index >= 15 is 0 Å². The largest absolute Gasteiger partial charge is 0.338 e. The molecule has 1 heterocycles. The Morgan fingerprint density at radius 3 is 2.64 bits per heavy atom. The summed E-state index contributed by atoms with van der Waals surface area (Å²) in [7, 11) is 4.11. The van der Waals surface area contributed by atoms with Gasteiger partial charge in [-0.2, -0.15) is 0 Å². The van der Waals surface area contributed by atoms with Gasteiger partial charge >= 0.3 is 0 Å². The van der Waals surface area contributed by atoms with Crippen LogP contribution in [0, 0.1) is 0 Å². The first kappa shape index (κ1) is 18.1. The molecule has 1 amide bonds. The highest BCUT2D eigenvalue weighted by Gasteiger charge is 2.22. The molecule has 3 rings (SSSR count). The lowest BCUT2D eigenvalue weighted by Gasteiger charge is -2.20. The molecule has 1 aromatic heterocycles. The van der Waals surface area contributed by atoms with Crippen LogP contribution >= 0.6 is 34.5 Å². The fraction of sp³-hybridized carbons (Fsp3) is 0.222. The maximum Gasteiger partial charge on any atom is 0.260 e. The lowest BCUT2D eigenvalue weighted by molar-refractivity contribution is -0.856. The fourth-order valence-electron chi connectivity index (χ4n) is 2.40. The molecule has 3 aromatic rings. The molecule has 0 radical (unpaired) electrons. The first-order valence-corrected chi connectivity index (χ1v) is 9.44. The number of nitrogens with zero attached hydrogens (tertiary/aromatic N) is 2. The zero-order valence-corrected chi connectivity index (χ0v) is 16.3. The number of carbonyl (C=O) groups excluding carboxylic acids is 1. The molecule has 0 saturated carbocycles. The number of carbonyl (C=O) groups is 1. The normalized spacial score (nSPS) is 11.2. The van der Waals surface area contributed by atoms with E-state index in [0.717, 1.165) is 16.8 Å². The number of aromatic nitrogens is 1. The number of rotatable bonds is 5. The first-order chi connectivity index (χ1) is 11.9. The quantitative estimate of drug-likeness (QED) is 0.719. The van der Waals surface area contributed by atoms with Crippen molar-refractivity contribution < 1.29 is 9.69 Å². The highest BCUT2D eigenvalue weighted by molar-refractivity contribution is 7.22. The van der Waals surface area contributed by atoms with Crippen LogP contribution in [-0.4, -0.2) is 38.1 Å². The molecule has 2 aromatic carbocycles. The van der Waals surface area contributed by atoms with E-state index in [4.69, 9.17) is 23.2 Å². The van der Waals surface area contributed by atoms with Crippen LogP contribution in [0.1, 0.15) is 10.4 Å². The van der Waals surface area contributed by atoms with Crippen LogP contribution in [0.3, 0.4) is 0 Å². The zero-order chi connectivity index (χ0) is 18.0. The summed E-state index contributed by atoms with van der Waals surface area (Å²) < 4.78 is 0.962. The van der Waals surface area contributed by atoms with E-state index in [0.29, 0.717) is 27.3 Å². The number of nitrogens with one attached hydrogen (secondary N) is 1. The van der Waals surface area contributed by atoms with Crippen LogP contribution in [-0.2, 0) is 0 Å². The predicted octanol–water partition coefficient (Wildman–Crippen LogP) is 3.39. The van der Waals surface area contributed by atoms with Crippen molar-refractivity contribution in [3.8, 4) is 0 Å². The Hall–Kier alpha value is -1.66. The van der Waals surface area contributed by atoms with Gasteiger partial charge in [-0.3, -0.25) is 9.69 Å². The van der Waals surface area contributed by atoms with Gasteiger partial charge in [0.05, 0.1) is 37.4 Å². The molecule has 0 aliphatic heterocycles. The summed E-state index contributed by atoms with van der Waals surface area (Å²) in [4.78, 5) is 20.7. The molecule has 7 heteroatoms. The van der Waals surface area contributed by atoms with Crippen molar-refractivity contribution >= 4 is 55.8 Å². The third kappa shape index (κ3) is 4.30. The number of fused-ring (bicyclic) bond motifs is 1. The molecule has 0 spiro atoms. The number of hydrogen-bond donors (Lipinski definition) is 1. The summed E-state index contributed by atoms with van der Waals surface area (Å²) in [6.45, 7) is 1.38. The van der Waals surface area contributed by atoms with Crippen LogP contribution in [0.15, 0.2) is 42.5 Å². The van der Waals surface area contributed by atoms with Gasteiger partial charge in [0.2, 0.25) is 0 Å². The van der Waals surface area contributed by atoms with E-state index in [-0.39, 0.29) is 5.91 Å². The standard InChI is InChI=1S/C18H17Cl2N3OS/c1-22(2)8-9-23(17(24)12-4-3-5-13(19)10-12)18-21-15-7-6-14(20)11-16(15)25-18/h3-7,10-11H,8-9H2,1-2H3/p+1. The van der Waals surface area contributed by atoms with Crippen molar-refractivity contribution in [2.24, 2.45) is 0 Å². The van der Waals surface area contributed by atoms with E-state index in [1.54, 1.807) is 35.2 Å². The molecule has 25 heavy (non-hydrogen) atoms. The molecule has 0 aliphatic carbocycles. The summed E-state index contributed by atoms with van der Waals surface area (Å²) >= 11 is 13.6. The maximum atomic E-state index is 13.1. The minimum Gasteiger partial charge on any atom is -0.338 e. The number of halogens is 2. The summed E-state index contributed by atoms with van der Waals surface area (Å²) in [6.07, 6.45) is 0. The van der Waals surface area contributed by atoms with Gasteiger partial charge in [-0.05, 0) is 36.4 Å². The third-order valence-electron chi connectivity index (χ3n) is 3.72. The average molecular weight is 395 g/mol. The van der Waals surface area contributed by atoms with Gasteiger partial charge in [-0.25, -0.2) is 4.98 Å². The summed E-state index contributed by atoms with van der Waals surface area (Å²) in [6, 6.07) is 12.5.